The third kappa shape index (κ3) is 3.67. The Bertz CT molecular complexity index is 1490. The first-order chi connectivity index (χ1) is 16.9. The number of hydrogen-bond donors (Lipinski definition) is 2. The van der Waals surface area contributed by atoms with Gasteiger partial charge in [0.1, 0.15) is 5.76 Å². The molecule has 1 aliphatic rings. The number of anilines is 1. The Kier molecular flexibility index (Phi) is 5.44. The van der Waals surface area contributed by atoms with Crippen LogP contribution in [0.1, 0.15) is 22.7 Å². The Labute approximate surface area is 200 Å². The molecule has 4 aromatic rings. The number of benzene rings is 2. The highest BCUT2D eigenvalue weighted by Gasteiger charge is 2.48. The minimum Gasteiger partial charge on any atom is -0.507 e. The highest BCUT2D eigenvalue weighted by molar-refractivity contribution is 6.51. The third-order valence-corrected chi connectivity index (χ3v) is 5.97. The zero-order valence-corrected chi connectivity index (χ0v) is 19.3. The number of fused-ring (bicyclic) bond motifs is 1. The van der Waals surface area contributed by atoms with E-state index in [9.17, 15) is 14.7 Å². The summed E-state index contributed by atoms with van der Waals surface area (Å²) in [6, 6.07) is 12.9. The zero-order chi connectivity index (χ0) is 24.7. The molecule has 5 rings (SSSR count). The van der Waals surface area contributed by atoms with E-state index in [4.69, 9.17) is 9.47 Å². The second kappa shape index (κ2) is 8.60. The molecule has 3 heterocycles. The largest absolute Gasteiger partial charge is 0.507 e. The normalized spacial score (nSPS) is 17.2. The number of amides is 1. The maximum atomic E-state index is 13.4. The number of aromatic amines is 1. The summed E-state index contributed by atoms with van der Waals surface area (Å²) in [6.45, 7) is 1.95. The van der Waals surface area contributed by atoms with Crippen LogP contribution in [-0.2, 0) is 9.59 Å². The molecule has 1 unspecified atom stereocenters. The molecule has 0 spiro atoms. The molecule has 1 amide bonds. The van der Waals surface area contributed by atoms with Crippen molar-refractivity contribution < 1.29 is 24.2 Å². The molecule has 0 radical (unpaired) electrons. The molecule has 2 N–H and O–H groups in total. The van der Waals surface area contributed by atoms with E-state index >= 15 is 0 Å². The van der Waals surface area contributed by atoms with E-state index in [1.165, 1.54) is 31.5 Å². The number of nitrogens with zero attached hydrogens (tertiary/aromatic N) is 3. The van der Waals surface area contributed by atoms with Crippen LogP contribution in [0, 0.1) is 6.92 Å². The van der Waals surface area contributed by atoms with E-state index in [0.717, 1.165) is 11.1 Å². The van der Waals surface area contributed by atoms with Gasteiger partial charge in [-0.25, -0.2) is 4.98 Å². The van der Waals surface area contributed by atoms with Gasteiger partial charge in [-0.1, -0.05) is 12.1 Å². The Morgan fingerprint density at radius 2 is 1.74 bits per heavy atom. The predicted molar refractivity (Wildman–Crippen MR) is 129 cm³/mol. The van der Waals surface area contributed by atoms with E-state index in [0.29, 0.717) is 28.1 Å². The van der Waals surface area contributed by atoms with Gasteiger partial charge in [0.15, 0.2) is 11.5 Å². The van der Waals surface area contributed by atoms with Crippen molar-refractivity contribution >= 4 is 34.4 Å². The van der Waals surface area contributed by atoms with Gasteiger partial charge < -0.3 is 19.6 Å². The Hall–Kier alpha value is -4.66. The van der Waals surface area contributed by atoms with Crippen molar-refractivity contribution in [2.45, 2.75) is 13.0 Å². The quantitative estimate of drug-likeness (QED) is 0.258. The summed E-state index contributed by atoms with van der Waals surface area (Å²) in [5.74, 6) is -0.838. The number of ether oxygens (including phenoxy) is 2. The van der Waals surface area contributed by atoms with Gasteiger partial charge in [-0.15, -0.1) is 0 Å². The summed E-state index contributed by atoms with van der Waals surface area (Å²) in [7, 11) is 3.01. The molecule has 1 atom stereocenters. The Morgan fingerprint density at radius 1 is 1.00 bits per heavy atom. The number of aliphatic hydroxyl groups is 1. The molecule has 1 aliphatic heterocycles. The van der Waals surface area contributed by atoms with Gasteiger partial charge in [-0.2, -0.15) is 0 Å². The monoisotopic (exact) mass is 470 g/mol. The average Bonchev–Trinajstić information content (AvgIpc) is 3.41. The summed E-state index contributed by atoms with van der Waals surface area (Å²) in [5, 5.41) is 11.2. The SMILES string of the molecule is COc1ccc(C2/C(=C(\O)c3ccncc3)C(=O)C(=O)N2c2nc3ccc(C)cc3[nH]2)cc1OC. The number of imidazole rings is 1. The number of aryl methyl sites for hydroxylation is 1. The van der Waals surface area contributed by atoms with Crippen LogP contribution in [0.3, 0.4) is 0 Å². The van der Waals surface area contributed by atoms with E-state index < -0.39 is 17.7 Å². The van der Waals surface area contributed by atoms with Gasteiger partial charge in [0.05, 0.1) is 36.9 Å². The lowest BCUT2D eigenvalue weighted by atomic mass is 9.95. The van der Waals surface area contributed by atoms with Gasteiger partial charge in [0, 0.05) is 18.0 Å². The third-order valence-electron chi connectivity index (χ3n) is 5.97. The molecular weight excluding hydrogens is 448 g/mol. The molecule has 2 aromatic heterocycles. The summed E-state index contributed by atoms with van der Waals surface area (Å²) >= 11 is 0. The maximum absolute atomic E-state index is 13.4. The summed E-state index contributed by atoms with van der Waals surface area (Å²) in [5.41, 5.74) is 3.22. The van der Waals surface area contributed by atoms with Crippen molar-refractivity contribution in [2.24, 2.45) is 0 Å². The highest BCUT2D eigenvalue weighted by atomic mass is 16.5. The molecular formula is C26H22N4O5. The lowest BCUT2D eigenvalue weighted by Gasteiger charge is -2.23. The van der Waals surface area contributed by atoms with Gasteiger partial charge in [-0.05, 0) is 54.4 Å². The standard InChI is InChI=1S/C26H22N4O5/c1-14-4-6-17-18(12-14)29-26(28-17)30-22(16-5-7-19(34-2)20(13-16)35-3)21(24(32)25(30)33)23(31)15-8-10-27-11-9-15/h4-13,22,31H,1-3H3,(H,28,29)/b23-21+. The van der Waals surface area contributed by atoms with Crippen molar-refractivity contribution in [2.75, 3.05) is 19.1 Å². The Morgan fingerprint density at radius 3 is 2.46 bits per heavy atom. The maximum Gasteiger partial charge on any atom is 0.302 e. The molecule has 9 heteroatoms. The Balaban J connectivity index is 1.75. The molecule has 35 heavy (non-hydrogen) atoms. The second-order valence-electron chi connectivity index (χ2n) is 8.10. The number of H-pyrrole nitrogens is 1. The number of Topliss-reactive ketones (excluding diaryl/α,β-unsaturated/α-hetero) is 1. The van der Waals surface area contributed by atoms with Crippen molar-refractivity contribution in [1.29, 1.82) is 0 Å². The molecule has 0 saturated carbocycles. The number of pyridine rings is 1. The van der Waals surface area contributed by atoms with Gasteiger partial charge in [-0.3, -0.25) is 19.5 Å². The molecule has 2 aromatic carbocycles. The number of rotatable bonds is 5. The summed E-state index contributed by atoms with van der Waals surface area (Å²) in [6.07, 6.45) is 3.00. The predicted octanol–water partition coefficient (Wildman–Crippen LogP) is 3.91. The van der Waals surface area contributed by atoms with E-state index in [1.54, 1.807) is 30.3 Å². The number of aromatic nitrogens is 3. The molecule has 0 aliphatic carbocycles. The van der Waals surface area contributed by atoms with Crippen LogP contribution in [0.15, 0.2) is 66.5 Å². The zero-order valence-electron chi connectivity index (χ0n) is 19.3. The molecule has 176 valence electrons. The topological polar surface area (TPSA) is 118 Å². The molecule has 1 fully saturated rings. The van der Waals surface area contributed by atoms with Crippen LogP contribution < -0.4 is 14.4 Å². The van der Waals surface area contributed by atoms with Crippen LogP contribution in [0.4, 0.5) is 5.95 Å². The lowest BCUT2D eigenvalue weighted by Crippen LogP contribution is -2.30. The number of aliphatic hydroxyl groups excluding tert-OH is 1. The van der Waals surface area contributed by atoms with Crippen LogP contribution in [0.2, 0.25) is 0 Å². The molecule has 1 saturated heterocycles. The van der Waals surface area contributed by atoms with E-state index in [1.807, 2.05) is 25.1 Å². The number of nitrogens with one attached hydrogen (secondary N) is 1. The fourth-order valence-corrected chi connectivity index (χ4v) is 4.28. The highest BCUT2D eigenvalue weighted by Crippen LogP contribution is 2.43. The van der Waals surface area contributed by atoms with Gasteiger partial charge >= 0.3 is 5.91 Å². The van der Waals surface area contributed by atoms with Gasteiger partial charge in [0.2, 0.25) is 5.95 Å². The smallest absolute Gasteiger partial charge is 0.302 e. The van der Waals surface area contributed by atoms with Crippen LogP contribution in [0.25, 0.3) is 16.8 Å². The fraction of sp³-hybridized carbons (Fsp3) is 0.154. The first-order valence-corrected chi connectivity index (χ1v) is 10.8. The minimum atomic E-state index is -0.968. The fourth-order valence-electron chi connectivity index (χ4n) is 4.28. The molecule has 9 nitrogen and oxygen atoms in total. The van der Waals surface area contributed by atoms with E-state index in [2.05, 4.69) is 15.0 Å². The van der Waals surface area contributed by atoms with Crippen molar-refractivity contribution in [3.8, 4) is 11.5 Å². The van der Waals surface area contributed by atoms with Crippen LogP contribution >= 0.6 is 0 Å². The van der Waals surface area contributed by atoms with E-state index in [-0.39, 0.29) is 17.3 Å². The second-order valence-corrected chi connectivity index (χ2v) is 8.10. The molecule has 0 bridgehead atoms. The average molecular weight is 470 g/mol. The number of ketones is 1. The van der Waals surface area contributed by atoms with Crippen molar-refractivity contribution in [3.05, 3.63) is 83.2 Å². The van der Waals surface area contributed by atoms with Crippen molar-refractivity contribution in [1.82, 2.24) is 15.0 Å². The summed E-state index contributed by atoms with van der Waals surface area (Å²) in [4.78, 5) is 39.6. The van der Waals surface area contributed by atoms with Gasteiger partial charge in [0.25, 0.3) is 5.78 Å². The first-order valence-electron chi connectivity index (χ1n) is 10.8. The number of carbonyl (C=O) groups is 2. The first kappa shape index (κ1) is 22.1. The van der Waals surface area contributed by atoms with Crippen LogP contribution in [0.5, 0.6) is 11.5 Å². The number of carbonyl (C=O) groups excluding carboxylic acids is 2. The lowest BCUT2D eigenvalue weighted by molar-refractivity contribution is -0.132. The van der Waals surface area contributed by atoms with Crippen molar-refractivity contribution in [3.63, 3.8) is 0 Å². The number of hydrogen-bond acceptors (Lipinski definition) is 7. The number of methoxy groups -OCH3 is 2. The minimum absolute atomic E-state index is 0.0648. The summed E-state index contributed by atoms with van der Waals surface area (Å²) < 4.78 is 10.8. The van der Waals surface area contributed by atoms with Crippen LogP contribution in [-0.4, -0.2) is 46.0 Å².